The summed E-state index contributed by atoms with van der Waals surface area (Å²) in [6, 6.07) is 26.7. The summed E-state index contributed by atoms with van der Waals surface area (Å²) in [5, 5.41) is 2.88. The largest absolute Gasteiger partial charge is 0.484 e. The van der Waals surface area contributed by atoms with Crippen molar-refractivity contribution in [2.75, 3.05) is 18.1 Å². The van der Waals surface area contributed by atoms with E-state index in [1.165, 1.54) is 0 Å². The summed E-state index contributed by atoms with van der Waals surface area (Å²) < 4.78 is 5.68. The van der Waals surface area contributed by atoms with Crippen LogP contribution in [-0.2, 0) is 22.6 Å². The van der Waals surface area contributed by atoms with Crippen LogP contribution in [0.1, 0.15) is 24.5 Å². The molecule has 0 fully saturated rings. The van der Waals surface area contributed by atoms with Crippen LogP contribution < -0.4 is 15.0 Å². The highest BCUT2D eigenvalue weighted by atomic mass is 16.5. The van der Waals surface area contributed by atoms with E-state index in [1.807, 2.05) is 91.9 Å². The number of rotatable bonds is 10. The standard InChI is InChI=1S/C26H28N2O3/c1-2-17-27-25(29)18-21-13-15-23(16-14-21)28(19-22-9-5-3-6-10-22)26(30)20-31-24-11-7-4-8-12-24/h3-16H,2,17-20H2,1H3,(H,27,29). The Hall–Kier alpha value is -3.60. The first-order valence-corrected chi connectivity index (χ1v) is 10.5. The average Bonchev–Trinajstić information content (AvgIpc) is 2.81. The van der Waals surface area contributed by atoms with Gasteiger partial charge in [-0.05, 0) is 41.8 Å². The van der Waals surface area contributed by atoms with Crippen molar-refractivity contribution in [3.8, 4) is 5.75 Å². The summed E-state index contributed by atoms with van der Waals surface area (Å²) in [6.07, 6.45) is 1.23. The molecule has 0 atom stereocenters. The third kappa shape index (κ3) is 7.00. The fourth-order valence-electron chi connectivity index (χ4n) is 3.14. The highest BCUT2D eigenvalue weighted by molar-refractivity contribution is 5.94. The number of hydrogen-bond acceptors (Lipinski definition) is 3. The third-order valence-electron chi connectivity index (χ3n) is 4.77. The van der Waals surface area contributed by atoms with Gasteiger partial charge in [-0.25, -0.2) is 0 Å². The van der Waals surface area contributed by atoms with Gasteiger partial charge in [0, 0.05) is 12.2 Å². The van der Waals surface area contributed by atoms with E-state index in [0.29, 0.717) is 25.3 Å². The summed E-state index contributed by atoms with van der Waals surface area (Å²) in [5.41, 5.74) is 2.70. The van der Waals surface area contributed by atoms with Crippen LogP contribution in [0.3, 0.4) is 0 Å². The Labute approximate surface area is 183 Å². The average molecular weight is 417 g/mol. The minimum Gasteiger partial charge on any atom is -0.484 e. The van der Waals surface area contributed by atoms with Crippen molar-refractivity contribution in [1.82, 2.24) is 5.32 Å². The minimum absolute atomic E-state index is 0.00285. The molecule has 0 aliphatic carbocycles. The lowest BCUT2D eigenvalue weighted by Gasteiger charge is -2.23. The van der Waals surface area contributed by atoms with Crippen molar-refractivity contribution in [1.29, 1.82) is 0 Å². The smallest absolute Gasteiger partial charge is 0.265 e. The van der Waals surface area contributed by atoms with E-state index in [-0.39, 0.29) is 18.4 Å². The number of carbonyl (C=O) groups excluding carboxylic acids is 2. The van der Waals surface area contributed by atoms with Gasteiger partial charge >= 0.3 is 0 Å². The van der Waals surface area contributed by atoms with Crippen LogP contribution >= 0.6 is 0 Å². The van der Waals surface area contributed by atoms with E-state index in [1.54, 1.807) is 4.90 Å². The highest BCUT2D eigenvalue weighted by Crippen LogP contribution is 2.20. The molecule has 160 valence electrons. The normalized spacial score (nSPS) is 10.4. The zero-order valence-electron chi connectivity index (χ0n) is 17.8. The van der Waals surface area contributed by atoms with E-state index in [0.717, 1.165) is 23.2 Å². The molecule has 0 saturated heterocycles. The van der Waals surface area contributed by atoms with Crippen LogP contribution in [0.15, 0.2) is 84.9 Å². The number of benzene rings is 3. The monoisotopic (exact) mass is 416 g/mol. The Morgan fingerprint density at radius 1 is 0.839 bits per heavy atom. The predicted octanol–water partition coefficient (Wildman–Crippen LogP) is 4.37. The Morgan fingerprint density at radius 2 is 1.48 bits per heavy atom. The zero-order valence-corrected chi connectivity index (χ0v) is 17.8. The summed E-state index contributed by atoms with van der Waals surface area (Å²) >= 11 is 0. The molecule has 0 bridgehead atoms. The van der Waals surface area contributed by atoms with Gasteiger partial charge in [0.2, 0.25) is 5.91 Å². The van der Waals surface area contributed by atoms with E-state index in [4.69, 9.17) is 4.74 Å². The lowest BCUT2D eigenvalue weighted by molar-refractivity contribution is -0.121. The second-order valence-corrected chi connectivity index (χ2v) is 7.26. The van der Waals surface area contributed by atoms with Crippen LogP contribution in [0, 0.1) is 0 Å². The minimum atomic E-state index is -0.138. The predicted molar refractivity (Wildman–Crippen MR) is 123 cm³/mol. The molecule has 2 amide bonds. The number of carbonyl (C=O) groups is 2. The molecular weight excluding hydrogens is 388 g/mol. The molecular formula is C26H28N2O3. The Balaban J connectivity index is 1.72. The molecule has 0 heterocycles. The third-order valence-corrected chi connectivity index (χ3v) is 4.77. The maximum Gasteiger partial charge on any atom is 0.265 e. The van der Waals surface area contributed by atoms with Crippen LogP contribution in [0.4, 0.5) is 5.69 Å². The van der Waals surface area contributed by atoms with Gasteiger partial charge in [0.15, 0.2) is 6.61 Å². The SMILES string of the molecule is CCCNC(=O)Cc1ccc(N(Cc2ccccc2)C(=O)COc2ccccc2)cc1. The van der Waals surface area contributed by atoms with E-state index in [2.05, 4.69) is 5.32 Å². The van der Waals surface area contributed by atoms with Gasteiger partial charge in [0.05, 0.1) is 13.0 Å². The quantitative estimate of drug-likeness (QED) is 0.534. The summed E-state index contributed by atoms with van der Waals surface area (Å²) in [5.74, 6) is 0.521. The topological polar surface area (TPSA) is 58.6 Å². The summed E-state index contributed by atoms with van der Waals surface area (Å²) in [7, 11) is 0. The van der Waals surface area contributed by atoms with E-state index >= 15 is 0 Å². The van der Waals surface area contributed by atoms with Crippen LogP contribution in [0.25, 0.3) is 0 Å². The summed E-state index contributed by atoms with van der Waals surface area (Å²) in [6.45, 7) is 3.08. The van der Waals surface area contributed by atoms with Gasteiger partial charge in [-0.3, -0.25) is 9.59 Å². The second kappa shape index (κ2) is 11.6. The van der Waals surface area contributed by atoms with Crippen LogP contribution in [0.5, 0.6) is 5.75 Å². The van der Waals surface area contributed by atoms with Gasteiger partial charge in [0.1, 0.15) is 5.75 Å². The maximum absolute atomic E-state index is 13.0. The van der Waals surface area contributed by atoms with Gasteiger partial charge in [0.25, 0.3) is 5.91 Å². The van der Waals surface area contributed by atoms with Crippen molar-refractivity contribution in [2.24, 2.45) is 0 Å². The lowest BCUT2D eigenvalue weighted by Crippen LogP contribution is -2.34. The number of ether oxygens (including phenoxy) is 1. The molecule has 3 aromatic rings. The number of anilines is 1. The summed E-state index contributed by atoms with van der Waals surface area (Å²) in [4.78, 5) is 26.7. The van der Waals surface area contributed by atoms with Gasteiger partial charge in [-0.15, -0.1) is 0 Å². The first-order valence-electron chi connectivity index (χ1n) is 10.5. The molecule has 1 N–H and O–H groups in total. The number of amides is 2. The second-order valence-electron chi connectivity index (χ2n) is 7.26. The lowest BCUT2D eigenvalue weighted by atomic mass is 10.1. The van der Waals surface area contributed by atoms with Gasteiger partial charge < -0.3 is 15.0 Å². The molecule has 31 heavy (non-hydrogen) atoms. The van der Waals surface area contributed by atoms with Gasteiger partial charge in [-0.2, -0.15) is 0 Å². The van der Waals surface area contributed by atoms with Crippen molar-refractivity contribution in [3.63, 3.8) is 0 Å². The Kier molecular flexibility index (Phi) is 8.23. The van der Waals surface area contributed by atoms with E-state index in [9.17, 15) is 9.59 Å². The number of nitrogens with zero attached hydrogens (tertiary/aromatic N) is 1. The zero-order chi connectivity index (χ0) is 21.9. The number of nitrogens with one attached hydrogen (secondary N) is 1. The molecule has 0 aliphatic heterocycles. The fraction of sp³-hybridized carbons (Fsp3) is 0.231. The first-order chi connectivity index (χ1) is 15.2. The highest BCUT2D eigenvalue weighted by Gasteiger charge is 2.17. The molecule has 3 rings (SSSR count). The van der Waals surface area contributed by atoms with Gasteiger partial charge in [-0.1, -0.05) is 67.6 Å². The molecule has 5 heteroatoms. The fourth-order valence-corrected chi connectivity index (χ4v) is 3.14. The molecule has 0 unspecified atom stereocenters. The Morgan fingerprint density at radius 3 is 2.13 bits per heavy atom. The molecule has 3 aromatic carbocycles. The molecule has 0 radical (unpaired) electrons. The maximum atomic E-state index is 13.0. The first kappa shape index (κ1) is 22.1. The van der Waals surface area contributed by atoms with Crippen molar-refractivity contribution < 1.29 is 14.3 Å². The molecule has 0 saturated carbocycles. The van der Waals surface area contributed by atoms with Crippen molar-refractivity contribution in [3.05, 3.63) is 96.1 Å². The Bertz CT molecular complexity index is 957. The molecule has 0 aliphatic rings. The molecule has 5 nitrogen and oxygen atoms in total. The van der Waals surface area contributed by atoms with Crippen LogP contribution in [0.2, 0.25) is 0 Å². The van der Waals surface area contributed by atoms with E-state index < -0.39 is 0 Å². The number of hydrogen-bond donors (Lipinski definition) is 1. The molecule has 0 aromatic heterocycles. The van der Waals surface area contributed by atoms with Crippen LogP contribution in [-0.4, -0.2) is 25.0 Å². The number of para-hydroxylation sites is 1. The van der Waals surface area contributed by atoms with Crippen molar-refractivity contribution in [2.45, 2.75) is 26.3 Å². The van der Waals surface area contributed by atoms with Crippen molar-refractivity contribution >= 4 is 17.5 Å². The molecule has 0 spiro atoms.